The van der Waals surface area contributed by atoms with Crippen LogP contribution in [0.4, 0.5) is 24.5 Å². The van der Waals surface area contributed by atoms with Crippen molar-refractivity contribution in [1.29, 1.82) is 0 Å². The van der Waals surface area contributed by atoms with Gasteiger partial charge in [-0.3, -0.25) is 0 Å². The molecular weight excluding hydrogens is 349 g/mol. The molecule has 3 rings (SSSR count). The van der Waals surface area contributed by atoms with Crippen LogP contribution in [0.2, 0.25) is 0 Å². The Morgan fingerprint density at radius 3 is 1.48 bits per heavy atom. The second-order valence-corrected chi connectivity index (χ2v) is 6.11. The van der Waals surface area contributed by atoms with Crippen molar-refractivity contribution in [3.63, 3.8) is 0 Å². The van der Waals surface area contributed by atoms with Crippen LogP contribution in [0.25, 0.3) is 0 Å². The van der Waals surface area contributed by atoms with Crippen molar-refractivity contribution in [2.75, 3.05) is 11.5 Å². The molecule has 3 aromatic rings. The fraction of sp³-hybridized carbons (Fsp3) is 0.0909. The Labute approximate surface area is 155 Å². The van der Waals surface area contributed by atoms with Crippen LogP contribution < -0.4 is 11.5 Å². The largest absolute Gasteiger partial charge is 0.413 e. The van der Waals surface area contributed by atoms with E-state index < -0.39 is 11.6 Å². The zero-order chi connectivity index (χ0) is 19.5. The van der Waals surface area contributed by atoms with Gasteiger partial charge in [-0.25, -0.2) is 0 Å². The van der Waals surface area contributed by atoms with Crippen LogP contribution in [0.3, 0.4) is 0 Å². The summed E-state index contributed by atoms with van der Waals surface area (Å²) in [6.45, 7) is 0. The highest BCUT2D eigenvalue weighted by Gasteiger charge is 2.56. The molecule has 136 valence electrons. The summed E-state index contributed by atoms with van der Waals surface area (Å²) in [6, 6.07) is 19.8. The number of nitrogens with two attached hydrogens (primary N) is 2. The summed E-state index contributed by atoms with van der Waals surface area (Å²) in [4.78, 5) is 0. The SMILES string of the molecule is Nc1ccc(C(C#Cc2ccccc2)(c2ccc(N)cc2)C(F)(F)F)cc1. The van der Waals surface area contributed by atoms with Gasteiger partial charge in [0.05, 0.1) is 0 Å². The van der Waals surface area contributed by atoms with Gasteiger partial charge >= 0.3 is 6.18 Å². The summed E-state index contributed by atoms with van der Waals surface area (Å²) in [5.41, 5.74) is 10.1. The second kappa shape index (κ2) is 7.08. The predicted octanol–water partition coefficient (Wildman–Crippen LogP) is 4.75. The lowest BCUT2D eigenvalue weighted by molar-refractivity contribution is -0.161. The van der Waals surface area contributed by atoms with Gasteiger partial charge in [0.15, 0.2) is 5.41 Å². The Bertz CT molecular complexity index is 919. The Hall–Kier alpha value is -3.39. The lowest BCUT2D eigenvalue weighted by atomic mass is 9.74. The molecule has 0 aliphatic rings. The third-order valence-electron chi connectivity index (χ3n) is 4.28. The van der Waals surface area contributed by atoms with Crippen LogP contribution in [-0.2, 0) is 5.41 Å². The average Bonchev–Trinajstić information content (AvgIpc) is 2.64. The number of anilines is 2. The lowest BCUT2D eigenvalue weighted by Crippen LogP contribution is -2.42. The molecule has 0 radical (unpaired) electrons. The molecule has 0 heterocycles. The fourth-order valence-electron chi connectivity index (χ4n) is 2.86. The predicted molar refractivity (Wildman–Crippen MR) is 102 cm³/mol. The summed E-state index contributed by atoms with van der Waals surface area (Å²) < 4.78 is 43.5. The molecule has 0 unspecified atom stereocenters. The summed E-state index contributed by atoms with van der Waals surface area (Å²) in [6.07, 6.45) is -4.67. The first-order valence-corrected chi connectivity index (χ1v) is 8.20. The van der Waals surface area contributed by atoms with Crippen LogP contribution in [-0.4, -0.2) is 6.18 Å². The molecule has 0 aromatic heterocycles. The van der Waals surface area contributed by atoms with Gasteiger partial charge in [0, 0.05) is 16.9 Å². The molecule has 0 saturated carbocycles. The Morgan fingerprint density at radius 1 is 0.630 bits per heavy atom. The maximum Gasteiger partial charge on any atom is 0.413 e. The van der Waals surface area contributed by atoms with Crippen molar-refractivity contribution in [1.82, 2.24) is 0 Å². The average molecular weight is 366 g/mol. The molecule has 2 nitrogen and oxygen atoms in total. The summed E-state index contributed by atoms with van der Waals surface area (Å²) in [5, 5.41) is 0. The second-order valence-electron chi connectivity index (χ2n) is 6.11. The van der Waals surface area contributed by atoms with E-state index in [0.717, 1.165) is 0 Å². The van der Waals surface area contributed by atoms with E-state index in [4.69, 9.17) is 11.5 Å². The smallest absolute Gasteiger partial charge is 0.399 e. The zero-order valence-corrected chi connectivity index (χ0v) is 14.3. The van der Waals surface area contributed by atoms with Crippen molar-refractivity contribution < 1.29 is 13.2 Å². The van der Waals surface area contributed by atoms with Gasteiger partial charge in [0.1, 0.15) is 0 Å². The monoisotopic (exact) mass is 366 g/mol. The molecule has 5 heteroatoms. The molecule has 0 aliphatic heterocycles. The number of rotatable bonds is 2. The molecule has 0 saturated heterocycles. The molecule has 0 amide bonds. The standard InChI is InChI=1S/C22H17F3N2/c23-22(24,25)21(17-6-10-19(26)11-7-17,18-8-12-20(27)13-9-18)15-14-16-4-2-1-3-5-16/h1-13H,26-27H2. The summed E-state index contributed by atoms with van der Waals surface area (Å²) in [7, 11) is 0. The molecule has 0 aliphatic carbocycles. The first-order chi connectivity index (χ1) is 12.8. The van der Waals surface area contributed by atoms with Gasteiger partial charge in [-0.15, -0.1) is 0 Å². The summed E-state index contributed by atoms with van der Waals surface area (Å²) >= 11 is 0. The van der Waals surface area contributed by atoms with Crippen LogP contribution in [0, 0.1) is 11.8 Å². The third-order valence-corrected chi connectivity index (χ3v) is 4.28. The number of hydrogen-bond donors (Lipinski definition) is 2. The topological polar surface area (TPSA) is 52.0 Å². The Balaban J connectivity index is 2.30. The number of alkyl halides is 3. The molecule has 0 bridgehead atoms. The van der Waals surface area contributed by atoms with E-state index in [0.29, 0.717) is 16.9 Å². The quantitative estimate of drug-likeness (QED) is 0.508. The third kappa shape index (κ3) is 3.61. The van der Waals surface area contributed by atoms with Gasteiger partial charge in [-0.1, -0.05) is 54.3 Å². The minimum absolute atomic E-state index is 0.00241. The minimum atomic E-state index is -4.67. The normalized spacial score (nSPS) is 11.5. The molecule has 4 N–H and O–H groups in total. The maximum absolute atomic E-state index is 14.5. The van der Waals surface area contributed by atoms with Crippen molar-refractivity contribution in [2.24, 2.45) is 0 Å². The van der Waals surface area contributed by atoms with Crippen LogP contribution in [0.15, 0.2) is 78.9 Å². The summed E-state index contributed by atoms with van der Waals surface area (Å²) in [5.74, 6) is 5.19. The van der Waals surface area contributed by atoms with Gasteiger partial charge in [0.2, 0.25) is 0 Å². The van der Waals surface area contributed by atoms with Crippen molar-refractivity contribution in [3.8, 4) is 11.8 Å². The fourth-order valence-corrected chi connectivity index (χ4v) is 2.86. The molecule has 0 spiro atoms. The zero-order valence-electron chi connectivity index (χ0n) is 14.3. The maximum atomic E-state index is 14.5. The van der Waals surface area contributed by atoms with Gasteiger partial charge < -0.3 is 11.5 Å². The number of halogens is 3. The molecule has 0 atom stereocenters. The van der Waals surface area contributed by atoms with E-state index in [1.807, 2.05) is 0 Å². The lowest BCUT2D eigenvalue weighted by Gasteiger charge is -2.32. The van der Waals surface area contributed by atoms with Crippen molar-refractivity contribution in [3.05, 3.63) is 95.6 Å². The minimum Gasteiger partial charge on any atom is -0.399 e. The Morgan fingerprint density at radius 2 is 1.07 bits per heavy atom. The first-order valence-electron chi connectivity index (χ1n) is 8.20. The van der Waals surface area contributed by atoms with Crippen LogP contribution >= 0.6 is 0 Å². The van der Waals surface area contributed by atoms with Crippen molar-refractivity contribution >= 4 is 11.4 Å². The van der Waals surface area contributed by atoms with E-state index in [1.54, 1.807) is 30.3 Å². The van der Waals surface area contributed by atoms with Crippen LogP contribution in [0.5, 0.6) is 0 Å². The van der Waals surface area contributed by atoms with Gasteiger partial charge in [0.25, 0.3) is 0 Å². The molecule has 27 heavy (non-hydrogen) atoms. The van der Waals surface area contributed by atoms with E-state index in [9.17, 15) is 13.2 Å². The van der Waals surface area contributed by atoms with Crippen molar-refractivity contribution in [2.45, 2.75) is 11.6 Å². The van der Waals surface area contributed by atoms with E-state index in [-0.39, 0.29) is 11.1 Å². The van der Waals surface area contributed by atoms with E-state index in [2.05, 4.69) is 11.8 Å². The highest BCUT2D eigenvalue weighted by Crippen LogP contribution is 2.46. The number of nitrogen functional groups attached to an aromatic ring is 2. The molecule has 0 fully saturated rings. The van der Waals surface area contributed by atoms with Gasteiger partial charge in [-0.05, 0) is 47.5 Å². The van der Waals surface area contributed by atoms with Gasteiger partial charge in [-0.2, -0.15) is 13.2 Å². The molecule has 3 aromatic carbocycles. The van der Waals surface area contributed by atoms with E-state index >= 15 is 0 Å². The molecular formula is C22H17F3N2. The van der Waals surface area contributed by atoms with E-state index in [1.165, 1.54) is 48.5 Å². The number of hydrogen-bond acceptors (Lipinski definition) is 2. The highest BCUT2D eigenvalue weighted by atomic mass is 19.4. The first kappa shape index (κ1) is 18.4. The highest BCUT2D eigenvalue weighted by molar-refractivity contribution is 5.56. The number of benzene rings is 3. The van der Waals surface area contributed by atoms with Crippen LogP contribution in [0.1, 0.15) is 16.7 Å². The Kier molecular flexibility index (Phi) is 4.83.